The minimum absolute atomic E-state index is 0.00959. The van der Waals surface area contributed by atoms with E-state index in [1.165, 1.54) is 11.1 Å². The van der Waals surface area contributed by atoms with Crippen molar-refractivity contribution in [3.63, 3.8) is 0 Å². The number of ether oxygens (including phenoxy) is 1. The maximum Gasteiger partial charge on any atom is 0.305 e. The third kappa shape index (κ3) is 6.71. The Balaban J connectivity index is 2.38. The highest BCUT2D eigenvalue weighted by Crippen LogP contribution is 2.12. The minimum atomic E-state index is -0.157. The normalized spacial score (nSPS) is 12.4. The molecule has 2 N–H and O–H groups in total. The van der Waals surface area contributed by atoms with Crippen LogP contribution < -0.4 is 5.73 Å². The van der Waals surface area contributed by atoms with Crippen LogP contribution in [0.15, 0.2) is 24.3 Å². The summed E-state index contributed by atoms with van der Waals surface area (Å²) in [5.74, 6) is 0.517. The summed E-state index contributed by atoms with van der Waals surface area (Å²) < 4.78 is 4.90. The molecule has 0 aliphatic heterocycles. The van der Waals surface area contributed by atoms with Gasteiger partial charge in [0.1, 0.15) is 0 Å². The van der Waals surface area contributed by atoms with Gasteiger partial charge in [-0.05, 0) is 43.2 Å². The summed E-state index contributed by atoms with van der Waals surface area (Å²) >= 11 is 0. The molecule has 1 unspecified atom stereocenters. The number of nitrogens with two attached hydrogens (primary N) is 1. The van der Waals surface area contributed by atoms with E-state index in [-0.39, 0.29) is 12.0 Å². The van der Waals surface area contributed by atoms with Crippen LogP contribution in [-0.2, 0) is 22.4 Å². The van der Waals surface area contributed by atoms with Crippen LogP contribution in [0.3, 0.4) is 0 Å². The Labute approximate surface area is 122 Å². The van der Waals surface area contributed by atoms with Crippen LogP contribution in [0.5, 0.6) is 0 Å². The Bertz CT molecular complexity index is 398. The van der Waals surface area contributed by atoms with Gasteiger partial charge in [0.2, 0.25) is 0 Å². The standard InChI is InChI=1S/C17H27NO2/c1-4-20-17(19)10-9-16(18)12-15-7-5-14(6-8-15)11-13(2)3/h5-8,13,16H,4,9-12,18H2,1-3H3. The van der Waals surface area contributed by atoms with Crippen molar-refractivity contribution in [3.8, 4) is 0 Å². The number of benzene rings is 1. The van der Waals surface area contributed by atoms with E-state index in [0.29, 0.717) is 25.4 Å². The second-order valence-corrected chi connectivity index (χ2v) is 5.72. The molecule has 0 radical (unpaired) electrons. The molecule has 0 saturated heterocycles. The number of hydrogen-bond acceptors (Lipinski definition) is 3. The zero-order chi connectivity index (χ0) is 15.0. The number of rotatable bonds is 8. The van der Waals surface area contributed by atoms with Crippen molar-refractivity contribution < 1.29 is 9.53 Å². The molecule has 20 heavy (non-hydrogen) atoms. The fraction of sp³-hybridized carbons (Fsp3) is 0.588. The van der Waals surface area contributed by atoms with Gasteiger partial charge in [-0.3, -0.25) is 4.79 Å². The molecule has 1 aromatic carbocycles. The second-order valence-electron chi connectivity index (χ2n) is 5.72. The summed E-state index contributed by atoms with van der Waals surface area (Å²) in [5, 5.41) is 0. The van der Waals surface area contributed by atoms with E-state index in [2.05, 4.69) is 38.1 Å². The smallest absolute Gasteiger partial charge is 0.305 e. The lowest BCUT2D eigenvalue weighted by molar-refractivity contribution is -0.143. The average Bonchev–Trinajstić information content (AvgIpc) is 2.38. The molecular weight excluding hydrogens is 250 g/mol. The molecule has 0 saturated carbocycles. The topological polar surface area (TPSA) is 52.3 Å². The van der Waals surface area contributed by atoms with Crippen molar-refractivity contribution >= 4 is 5.97 Å². The van der Waals surface area contributed by atoms with E-state index in [1.54, 1.807) is 0 Å². The fourth-order valence-electron chi connectivity index (χ4n) is 2.22. The van der Waals surface area contributed by atoms with Crippen LogP contribution in [0.2, 0.25) is 0 Å². The van der Waals surface area contributed by atoms with Crippen LogP contribution in [0.4, 0.5) is 0 Å². The molecule has 0 heterocycles. The molecule has 0 aromatic heterocycles. The maximum atomic E-state index is 11.3. The van der Waals surface area contributed by atoms with Gasteiger partial charge in [0.25, 0.3) is 0 Å². The minimum Gasteiger partial charge on any atom is -0.466 e. The van der Waals surface area contributed by atoms with Gasteiger partial charge in [-0.25, -0.2) is 0 Å². The van der Waals surface area contributed by atoms with E-state index in [1.807, 2.05) is 6.92 Å². The Morgan fingerprint density at radius 1 is 1.15 bits per heavy atom. The molecule has 0 amide bonds. The average molecular weight is 277 g/mol. The Kier molecular flexibility index (Phi) is 7.31. The number of carbonyl (C=O) groups excluding carboxylic acids is 1. The highest BCUT2D eigenvalue weighted by Gasteiger charge is 2.08. The number of carbonyl (C=O) groups is 1. The molecular formula is C17H27NO2. The molecule has 3 nitrogen and oxygen atoms in total. The van der Waals surface area contributed by atoms with Crippen molar-refractivity contribution in [1.29, 1.82) is 0 Å². The van der Waals surface area contributed by atoms with E-state index in [9.17, 15) is 4.79 Å². The van der Waals surface area contributed by atoms with Crippen LogP contribution in [-0.4, -0.2) is 18.6 Å². The first-order chi connectivity index (χ1) is 9.51. The van der Waals surface area contributed by atoms with Crippen LogP contribution in [0.25, 0.3) is 0 Å². The summed E-state index contributed by atoms with van der Waals surface area (Å²) in [4.78, 5) is 11.3. The Hall–Kier alpha value is -1.35. The van der Waals surface area contributed by atoms with Crippen molar-refractivity contribution in [2.24, 2.45) is 11.7 Å². The van der Waals surface area contributed by atoms with Gasteiger partial charge in [0.05, 0.1) is 6.61 Å². The van der Waals surface area contributed by atoms with E-state index in [0.717, 1.165) is 12.8 Å². The molecule has 1 atom stereocenters. The maximum absolute atomic E-state index is 11.3. The molecule has 1 rings (SSSR count). The predicted molar refractivity (Wildman–Crippen MR) is 82.5 cm³/mol. The van der Waals surface area contributed by atoms with Gasteiger partial charge < -0.3 is 10.5 Å². The van der Waals surface area contributed by atoms with Gasteiger partial charge in [-0.15, -0.1) is 0 Å². The SMILES string of the molecule is CCOC(=O)CCC(N)Cc1ccc(CC(C)C)cc1. The van der Waals surface area contributed by atoms with Crippen molar-refractivity contribution in [3.05, 3.63) is 35.4 Å². The van der Waals surface area contributed by atoms with Crippen molar-refractivity contribution in [2.75, 3.05) is 6.61 Å². The van der Waals surface area contributed by atoms with Gasteiger partial charge in [-0.1, -0.05) is 38.1 Å². The van der Waals surface area contributed by atoms with Gasteiger partial charge in [0.15, 0.2) is 0 Å². The first-order valence-electron chi connectivity index (χ1n) is 7.50. The molecule has 3 heteroatoms. The highest BCUT2D eigenvalue weighted by molar-refractivity contribution is 5.69. The first kappa shape index (κ1) is 16.7. The summed E-state index contributed by atoms with van der Waals surface area (Å²) in [6, 6.07) is 8.64. The lowest BCUT2D eigenvalue weighted by Crippen LogP contribution is -2.24. The Morgan fingerprint density at radius 2 is 1.70 bits per heavy atom. The molecule has 1 aromatic rings. The number of esters is 1. The van der Waals surface area contributed by atoms with Crippen LogP contribution in [0, 0.1) is 5.92 Å². The molecule has 0 aliphatic rings. The number of hydrogen-bond donors (Lipinski definition) is 1. The summed E-state index contributed by atoms with van der Waals surface area (Å²) in [5.41, 5.74) is 8.66. The van der Waals surface area contributed by atoms with E-state index >= 15 is 0 Å². The fourth-order valence-corrected chi connectivity index (χ4v) is 2.22. The molecule has 0 fully saturated rings. The summed E-state index contributed by atoms with van der Waals surface area (Å²) in [6.45, 7) is 6.69. The lowest BCUT2D eigenvalue weighted by atomic mass is 9.98. The summed E-state index contributed by atoms with van der Waals surface area (Å²) in [7, 11) is 0. The monoisotopic (exact) mass is 277 g/mol. The van der Waals surface area contributed by atoms with E-state index < -0.39 is 0 Å². The van der Waals surface area contributed by atoms with Crippen molar-refractivity contribution in [1.82, 2.24) is 0 Å². The van der Waals surface area contributed by atoms with Gasteiger partial charge in [-0.2, -0.15) is 0 Å². The zero-order valence-electron chi connectivity index (χ0n) is 12.9. The Morgan fingerprint density at radius 3 is 2.20 bits per heavy atom. The first-order valence-corrected chi connectivity index (χ1v) is 7.50. The molecule has 0 bridgehead atoms. The third-order valence-electron chi connectivity index (χ3n) is 3.19. The van der Waals surface area contributed by atoms with Gasteiger partial charge >= 0.3 is 5.97 Å². The highest BCUT2D eigenvalue weighted by atomic mass is 16.5. The van der Waals surface area contributed by atoms with Gasteiger partial charge in [0, 0.05) is 12.5 Å². The third-order valence-corrected chi connectivity index (χ3v) is 3.19. The zero-order valence-corrected chi connectivity index (χ0v) is 12.9. The lowest BCUT2D eigenvalue weighted by Gasteiger charge is -2.12. The molecule has 112 valence electrons. The van der Waals surface area contributed by atoms with Crippen LogP contribution >= 0.6 is 0 Å². The molecule has 0 aliphatic carbocycles. The van der Waals surface area contributed by atoms with Crippen molar-refractivity contribution in [2.45, 2.75) is 52.5 Å². The van der Waals surface area contributed by atoms with Crippen LogP contribution in [0.1, 0.15) is 44.7 Å². The predicted octanol–water partition coefficient (Wildman–Crippen LogP) is 3.10. The van der Waals surface area contributed by atoms with E-state index in [4.69, 9.17) is 10.5 Å². The quantitative estimate of drug-likeness (QED) is 0.743. The summed E-state index contributed by atoms with van der Waals surface area (Å²) in [6.07, 6.45) is 2.99. The largest absolute Gasteiger partial charge is 0.466 e. The molecule has 0 spiro atoms. The second kappa shape index (κ2) is 8.75.